The van der Waals surface area contributed by atoms with Gasteiger partial charge in [0, 0.05) is 29.9 Å². The first-order valence-corrected chi connectivity index (χ1v) is 13.2. The maximum atomic E-state index is 8.91. The van der Waals surface area contributed by atoms with Crippen LogP contribution in [-0.2, 0) is 6.42 Å². The number of nitrogens with zero attached hydrogens (tertiary/aromatic N) is 2. The molecule has 38 heavy (non-hydrogen) atoms. The van der Waals surface area contributed by atoms with Crippen LogP contribution in [0.1, 0.15) is 49.3 Å². The van der Waals surface area contributed by atoms with Crippen LogP contribution in [0.5, 0.6) is 5.75 Å². The highest BCUT2D eigenvalue weighted by Crippen LogP contribution is 2.35. The van der Waals surface area contributed by atoms with Gasteiger partial charge >= 0.3 is 0 Å². The molecule has 1 saturated heterocycles. The van der Waals surface area contributed by atoms with Crippen molar-refractivity contribution in [3.05, 3.63) is 95.6 Å². The number of aryl methyl sites for hydroxylation is 1. The summed E-state index contributed by atoms with van der Waals surface area (Å²) in [4.78, 5) is 4.92. The molecule has 0 spiro atoms. The van der Waals surface area contributed by atoms with E-state index in [2.05, 4.69) is 53.9 Å². The van der Waals surface area contributed by atoms with Crippen molar-refractivity contribution >= 4 is 11.5 Å². The maximum absolute atomic E-state index is 8.91. The fourth-order valence-electron chi connectivity index (χ4n) is 4.61. The molecule has 0 aromatic heterocycles. The van der Waals surface area contributed by atoms with E-state index in [1.165, 1.54) is 0 Å². The second-order valence-corrected chi connectivity index (χ2v) is 9.51. The van der Waals surface area contributed by atoms with E-state index >= 15 is 0 Å². The Balaban J connectivity index is 1.94. The first kappa shape index (κ1) is 28.5. The van der Waals surface area contributed by atoms with Crippen molar-refractivity contribution in [2.45, 2.75) is 52.0 Å². The van der Waals surface area contributed by atoms with Crippen LogP contribution < -0.4 is 26.4 Å². The predicted octanol–water partition coefficient (Wildman–Crippen LogP) is 4.91. The Morgan fingerprint density at radius 2 is 2.18 bits per heavy atom. The van der Waals surface area contributed by atoms with Gasteiger partial charge in [0.2, 0.25) is 0 Å². The second-order valence-electron chi connectivity index (χ2n) is 9.51. The lowest BCUT2D eigenvalue weighted by Gasteiger charge is -2.24. The number of nitrogens with one attached hydrogen (secondary N) is 3. The van der Waals surface area contributed by atoms with E-state index in [1.54, 1.807) is 12.2 Å². The first-order chi connectivity index (χ1) is 18.4. The molecule has 1 heterocycles. The molecule has 1 aliphatic carbocycles. The molecule has 200 valence electrons. The van der Waals surface area contributed by atoms with Gasteiger partial charge in [-0.15, -0.1) is 0 Å². The van der Waals surface area contributed by atoms with Gasteiger partial charge in [-0.2, -0.15) is 5.26 Å². The Bertz CT molecular complexity index is 1220. The third kappa shape index (κ3) is 7.27. The zero-order valence-corrected chi connectivity index (χ0v) is 22.7. The van der Waals surface area contributed by atoms with Crippen molar-refractivity contribution in [3.8, 4) is 11.8 Å². The van der Waals surface area contributed by atoms with E-state index < -0.39 is 0 Å². The average molecular weight is 513 g/mol. The summed E-state index contributed by atoms with van der Waals surface area (Å²) in [5.74, 6) is 1.67. The third-order valence-electron chi connectivity index (χ3n) is 6.54. The van der Waals surface area contributed by atoms with E-state index in [0.717, 1.165) is 72.5 Å². The van der Waals surface area contributed by atoms with Gasteiger partial charge in [0.1, 0.15) is 11.6 Å². The van der Waals surface area contributed by atoms with Gasteiger partial charge in [0.05, 0.1) is 29.8 Å². The monoisotopic (exact) mass is 512 g/mol. The number of aliphatic imine (C=N–C) groups is 1. The smallest absolute Gasteiger partial charge is 0.200 e. The summed E-state index contributed by atoms with van der Waals surface area (Å²) in [7, 11) is 0. The number of fused-ring (bicyclic) bond motifs is 1. The highest BCUT2D eigenvalue weighted by molar-refractivity contribution is 5.99. The minimum absolute atomic E-state index is 0.181. The Kier molecular flexibility index (Phi) is 10.6. The molecule has 7 heteroatoms. The van der Waals surface area contributed by atoms with Crippen LogP contribution in [0.25, 0.3) is 5.70 Å². The number of benzene rings is 1. The van der Waals surface area contributed by atoms with Crippen molar-refractivity contribution in [1.82, 2.24) is 16.0 Å². The number of hydrogen-bond donors (Lipinski definition) is 4. The molecular weight excluding hydrogens is 472 g/mol. The molecule has 1 aromatic carbocycles. The fourth-order valence-corrected chi connectivity index (χ4v) is 4.61. The van der Waals surface area contributed by atoms with E-state index in [-0.39, 0.29) is 11.9 Å². The van der Waals surface area contributed by atoms with Crippen molar-refractivity contribution in [2.24, 2.45) is 10.7 Å². The summed E-state index contributed by atoms with van der Waals surface area (Å²) in [6.07, 6.45) is 11.6. The molecule has 1 unspecified atom stereocenters. The van der Waals surface area contributed by atoms with Crippen LogP contribution in [0, 0.1) is 18.3 Å². The Morgan fingerprint density at radius 1 is 1.37 bits per heavy atom. The summed E-state index contributed by atoms with van der Waals surface area (Å²) in [6, 6.07) is 6.48. The molecule has 7 nitrogen and oxygen atoms in total. The van der Waals surface area contributed by atoms with Crippen molar-refractivity contribution in [2.75, 3.05) is 19.6 Å². The summed E-state index contributed by atoms with van der Waals surface area (Å²) < 4.78 is 6.38. The van der Waals surface area contributed by atoms with E-state index in [0.29, 0.717) is 30.1 Å². The zero-order valence-electron chi connectivity index (χ0n) is 22.7. The van der Waals surface area contributed by atoms with Crippen LogP contribution in [0.2, 0.25) is 0 Å². The molecule has 2 aliphatic rings. The number of piperidine rings is 1. The van der Waals surface area contributed by atoms with Gasteiger partial charge in [-0.1, -0.05) is 50.1 Å². The van der Waals surface area contributed by atoms with E-state index in [1.807, 2.05) is 26.0 Å². The SMILES string of the molecule is C=C/C=C(NC(=NC1CCCNC1)C(=C)C)/C(C=C)=C(\N)Oc1c(C)ccc2c1CCC=C2NCCC#N. The lowest BCUT2D eigenvalue weighted by atomic mass is 9.91. The molecule has 3 rings (SSSR count). The number of nitrogens with two attached hydrogens (primary N) is 1. The number of rotatable bonds is 11. The summed E-state index contributed by atoms with van der Waals surface area (Å²) in [6.45, 7) is 18.4. The van der Waals surface area contributed by atoms with E-state index in [9.17, 15) is 0 Å². The molecule has 0 bridgehead atoms. The normalized spacial score (nSPS) is 18.2. The van der Waals surface area contributed by atoms with Gasteiger partial charge in [0.15, 0.2) is 5.88 Å². The molecule has 0 saturated carbocycles. The quantitative estimate of drug-likeness (QED) is 0.110. The molecule has 0 amide bonds. The van der Waals surface area contributed by atoms with Crippen LogP contribution in [-0.4, -0.2) is 31.5 Å². The van der Waals surface area contributed by atoms with E-state index in [4.69, 9.17) is 20.7 Å². The Morgan fingerprint density at radius 3 is 2.84 bits per heavy atom. The highest BCUT2D eigenvalue weighted by Gasteiger charge is 2.21. The van der Waals surface area contributed by atoms with Crippen LogP contribution in [0.15, 0.2) is 83.9 Å². The largest absolute Gasteiger partial charge is 0.440 e. The van der Waals surface area contributed by atoms with Crippen molar-refractivity contribution in [3.63, 3.8) is 0 Å². The summed E-state index contributed by atoms with van der Waals surface area (Å²) in [5.41, 5.74) is 12.9. The number of allylic oxidation sites excluding steroid dienone is 4. The average Bonchev–Trinajstić information content (AvgIpc) is 2.91. The number of nitriles is 1. The Labute approximate surface area is 227 Å². The lowest BCUT2D eigenvalue weighted by Crippen LogP contribution is -2.35. The summed E-state index contributed by atoms with van der Waals surface area (Å²) >= 11 is 0. The van der Waals surface area contributed by atoms with Gasteiger partial charge in [-0.25, -0.2) is 0 Å². The maximum Gasteiger partial charge on any atom is 0.200 e. The Hall–Kier alpha value is -4.02. The molecule has 1 aromatic rings. The topological polar surface area (TPSA) is 107 Å². The minimum atomic E-state index is 0.181. The molecule has 0 radical (unpaired) electrons. The lowest BCUT2D eigenvalue weighted by molar-refractivity contribution is 0.407. The van der Waals surface area contributed by atoms with Crippen LogP contribution >= 0.6 is 0 Å². The van der Waals surface area contributed by atoms with Crippen molar-refractivity contribution < 1.29 is 4.74 Å². The fraction of sp³-hybridized carbons (Fsp3) is 0.355. The number of ether oxygens (including phenoxy) is 1. The predicted molar refractivity (Wildman–Crippen MR) is 157 cm³/mol. The van der Waals surface area contributed by atoms with Gasteiger partial charge in [-0.05, 0) is 63.3 Å². The second kappa shape index (κ2) is 14.1. The third-order valence-corrected chi connectivity index (χ3v) is 6.54. The minimum Gasteiger partial charge on any atom is -0.440 e. The van der Waals surface area contributed by atoms with Gasteiger partial charge in [0.25, 0.3) is 0 Å². The number of hydrogen-bond acceptors (Lipinski definition) is 6. The van der Waals surface area contributed by atoms with Gasteiger partial charge < -0.3 is 26.4 Å². The van der Waals surface area contributed by atoms with Crippen molar-refractivity contribution in [1.29, 1.82) is 5.26 Å². The molecule has 5 N–H and O–H groups in total. The zero-order chi connectivity index (χ0) is 27.5. The molecule has 1 aliphatic heterocycles. The summed E-state index contributed by atoms with van der Waals surface area (Å²) in [5, 5.41) is 19.1. The highest BCUT2D eigenvalue weighted by atomic mass is 16.5. The van der Waals surface area contributed by atoms with Gasteiger partial charge in [-0.3, -0.25) is 4.99 Å². The van der Waals surface area contributed by atoms with Crippen LogP contribution in [0.4, 0.5) is 0 Å². The molecule has 1 atom stereocenters. The number of amidine groups is 1. The molecular formula is C31H40N6O. The standard InChI is InChI=1S/C31H40N6O/c1-6-11-28(37-31(21(3)4)36-23-12-9-18-34-20-23)24(7-2)30(33)38-29-22(5)15-16-25-26(29)13-8-14-27(25)35-19-10-17-32/h6-7,11,14-16,23,34-35H,1-3,8-10,12-13,18-20,33H2,4-5H3,(H,36,37)/b28-11-,30-24+. The first-order valence-electron chi connectivity index (χ1n) is 13.2. The van der Waals surface area contributed by atoms with Crippen LogP contribution in [0.3, 0.4) is 0 Å². The molecule has 1 fully saturated rings.